The Balaban J connectivity index is 1.48. The van der Waals surface area contributed by atoms with Gasteiger partial charge >= 0.3 is 0 Å². The van der Waals surface area contributed by atoms with Gasteiger partial charge in [-0.1, -0.05) is 6.07 Å². The van der Waals surface area contributed by atoms with E-state index < -0.39 is 0 Å². The van der Waals surface area contributed by atoms with Gasteiger partial charge in [0.1, 0.15) is 5.75 Å². The molecular formula is C19H23N3O3. The predicted octanol–water partition coefficient (Wildman–Crippen LogP) is 3.65. The molecule has 0 radical (unpaired) electrons. The first-order chi connectivity index (χ1) is 12.4. The third kappa shape index (κ3) is 4.81. The van der Waals surface area contributed by atoms with Crippen LogP contribution >= 0.6 is 0 Å². The van der Waals surface area contributed by atoms with Crippen LogP contribution in [0.3, 0.4) is 0 Å². The second-order valence-electron chi connectivity index (χ2n) is 5.98. The van der Waals surface area contributed by atoms with Crippen LogP contribution in [0.2, 0.25) is 0 Å². The summed E-state index contributed by atoms with van der Waals surface area (Å²) in [5.41, 5.74) is 2.11. The van der Waals surface area contributed by atoms with E-state index in [1.165, 1.54) is 6.42 Å². The van der Waals surface area contributed by atoms with Crippen molar-refractivity contribution in [1.82, 2.24) is 10.2 Å². The van der Waals surface area contributed by atoms with Crippen molar-refractivity contribution in [2.75, 3.05) is 19.8 Å². The molecule has 1 fully saturated rings. The second-order valence-corrected chi connectivity index (χ2v) is 5.98. The largest absolute Gasteiger partial charge is 0.493 e. The maximum atomic E-state index is 9.34. The van der Waals surface area contributed by atoms with Crippen molar-refractivity contribution < 1.29 is 14.2 Å². The maximum Gasteiger partial charge on any atom is 0.157 e. The van der Waals surface area contributed by atoms with Gasteiger partial charge in [0.05, 0.1) is 29.5 Å². The highest BCUT2D eigenvalue weighted by Crippen LogP contribution is 2.31. The second kappa shape index (κ2) is 9.21. The highest BCUT2D eigenvalue weighted by atomic mass is 16.7. The third-order valence-electron chi connectivity index (χ3n) is 4.15. The van der Waals surface area contributed by atoms with E-state index in [1.807, 2.05) is 18.2 Å². The Morgan fingerprint density at radius 1 is 1.24 bits per heavy atom. The van der Waals surface area contributed by atoms with Gasteiger partial charge in [0.25, 0.3) is 0 Å². The third-order valence-corrected chi connectivity index (χ3v) is 4.15. The Morgan fingerprint density at radius 2 is 2.16 bits per heavy atom. The van der Waals surface area contributed by atoms with E-state index in [4.69, 9.17) is 14.2 Å². The van der Waals surface area contributed by atoms with Crippen LogP contribution in [0.5, 0.6) is 5.75 Å². The Bertz CT molecular complexity index is 688. The smallest absolute Gasteiger partial charge is 0.157 e. The van der Waals surface area contributed by atoms with Gasteiger partial charge in [-0.05, 0) is 50.3 Å². The molecule has 1 saturated heterocycles. The van der Waals surface area contributed by atoms with E-state index in [1.54, 1.807) is 12.3 Å². The molecule has 2 heterocycles. The Kier molecular flexibility index (Phi) is 6.43. The summed E-state index contributed by atoms with van der Waals surface area (Å²) >= 11 is 0. The van der Waals surface area contributed by atoms with Gasteiger partial charge in [0, 0.05) is 19.4 Å². The molecule has 25 heavy (non-hydrogen) atoms. The number of benzene rings is 1. The fraction of sp³-hybridized carbons (Fsp3) is 0.474. The van der Waals surface area contributed by atoms with Gasteiger partial charge < -0.3 is 14.2 Å². The van der Waals surface area contributed by atoms with Crippen LogP contribution in [0, 0.1) is 11.3 Å². The van der Waals surface area contributed by atoms with Crippen molar-refractivity contribution in [3.63, 3.8) is 0 Å². The van der Waals surface area contributed by atoms with E-state index in [9.17, 15) is 5.26 Å². The summed E-state index contributed by atoms with van der Waals surface area (Å²) in [4.78, 5) is 0. The topological polar surface area (TPSA) is 80.2 Å². The Labute approximate surface area is 147 Å². The van der Waals surface area contributed by atoms with E-state index >= 15 is 0 Å². The summed E-state index contributed by atoms with van der Waals surface area (Å²) in [7, 11) is 0. The first-order valence-electron chi connectivity index (χ1n) is 8.77. The number of aromatic nitrogens is 2. The number of hydrogen-bond acceptors (Lipinski definition) is 5. The van der Waals surface area contributed by atoms with E-state index in [0.29, 0.717) is 24.5 Å². The Hall–Kier alpha value is -2.36. The molecule has 0 amide bonds. The molecule has 1 aliphatic heterocycles. The van der Waals surface area contributed by atoms with Crippen molar-refractivity contribution in [1.29, 1.82) is 5.26 Å². The van der Waals surface area contributed by atoms with E-state index in [0.717, 1.165) is 43.5 Å². The molecule has 6 heteroatoms. The average molecular weight is 341 g/mol. The van der Waals surface area contributed by atoms with Crippen LogP contribution in [-0.2, 0) is 9.47 Å². The molecule has 1 aromatic heterocycles. The van der Waals surface area contributed by atoms with Gasteiger partial charge in [-0.25, -0.2) is 0 Å². The van der Waals surface area contributed by atoms with Crippen LogP contribution in [0.15, 0.2) is 30.5 Å². The number of aromatic amines is 1. The van der Waals surface area contributed by atoms with Gasteiger partial charge in [-0.2, -0.15) is 10.4 Å². The molecular weight excluding hydrogens is 318 g/mol. The lowest BCUT2D eigenvalue weighted by Gasteiger charge is -2.22. The number of ether oxygens (including phenoxy) is 3. The minimum atomic E-state index is -0.0334. The zero-order chi connectivity index (χ0) is 17.3. The lowest BCUT2D eigenvalue weighted by Crippen LogP contribution is -2.22. The summed E-state index contributed by atoms with van der Waals surface area (Å²) < 4.78 is 17.2. The number of unbranched alkanes of at least 4 members (excludes halogenated alkanes) is 1. The molecule has 132 valence electrons. The van der Waals surface area contributed by atoms with Gasteiger partial charge in [-0.15, -0.1) is 0 Å². The molecule has 0 bridgehead atoms. The van der Waals surface area contributed by atoms with Crippen molar-refractivity contribution in [2.24, 2.45) is 0 Å². The standard InChI is InChI=1S/C19H23N3O3/c20-14-15-6-5-7-17(19(15)16-9-10-21-22-16)23-11-3-4-13-25-18-8-1-2-12-24-18/h5-7,9-10,18H,1-4,8,11-13H2,(H,21,22). The molecule has 3 rings (SSSR count). The molecule has 0 aliphatic carbocycles. The lowest BCUT2D eigenvalue weighted by molar-refractivity contribution is -0.162. The molecule has 1 atom stereocenters. The normalized spacial score (nSPS) is 17.2. The number of hydrogen-bond donors (Lipinski definition) is 1. The van der Waals surface area contributed by atoms with Crippen molar-refractivity contribution in [3.05, 3.63) is 36.0 Å². The number of nitrogens with zero attached hydrogens (tertiary/aromatic N) is 2. The Morgan fingerprint density at radius 3 is 2.92 bits per heavy atom. The van der Waals surface area contributed by atoms with E-state index in [2.05, 4.69) is 16.3 Å². The lowest BCUT2D eigenvalue weighted by atomic mass is 10.0. The van der Waals surface area contributed by atoms with Crippen LogP contribution in [0.1, 0.15) is 37.7 Å². The molecule has 1 aromatic carbocycles. The summed E-state index contributed by atoms with van der Waals surface area (Å²) in [6.45, 7) is 2.06. The minimum absolute atomic E-state index is 0.0334. The van der Waals surface area contributed by atoms with Crippen LogP contribution in [0.4, 0.5) is 0 Å². The van der Waals surface area contributed by atoms with E-state index in [-0.39, 0.29) is 6.29 Å². The molecule has 0 spiro atoms. The summed E-state index contributed by atoms with van der Waals surface area (Å²) in [5, 5.41) is 16.2. The average Bonchev–Trinajstić information content (AvgIpc) is 3.19. The summed E-state index contributed by atoms with van der Waals surface area (Å²) in [6.07, 6.45) is 6.73. The summed E-state index contributed by atoms with van der Waals surface area (Å²) in [5.74, 6) is 0.694. The first kappa shape index (κ1) is 17.5. The number of nitrogens with one attached hydrogen (secondary N) is 1. The zero-order valence-electron chi connectivity index (χ0n) is 14.2. The zero-order valence-corrected chi connectivity index (χ0v) is 14.2. The minimum Gasteiger partial charge on any atom is -0.493 e. The highest BCUT2D eigenvalue weighted by molar-refractivity contribution is 5.73. The quantitative estimate of drug-likeness (QED) is 0.741. The molecule has 1 aliphatic rings. The SMILES string of the molecule is N#Cc1cccc(OCCCCOC2CCCCO2)c1-c1ccn[nH]1. The number of nitriles is 1. The van der Waals surface area contributed by atoms with Crippen LogP contribution < -0.4 is 4.74 Å². The molecule has 6 nitrogen and oxygen atoms in total. The molecule has 0 saturated carbocycles. The van der Waals surface area contributed by atoms with Crippen molar-refractivity contribution in [2.45, 2.75) is 38.4 Å². The molecule has 1 unspecified atom stereocenters. The molecule has 1 N–H and O–H groups in total. The van der Waals surface area contributed by atoms with Gasteiger partial charge in [0.15, 0.2) is 6.29 Å². The fourth-order valence-corrected chi connectivity index (χ4v) is 2.86. The van der Waals surface area contributed by atoms with Crippen molar-refractivity contribution in [3.8, 4) is 23.1 Å². The first-order valence-corrected chi connectivity index (χ1v) is 8.77. The molecule has 2 aromatic rings. The number of H-pyrrole nitrogens is 1. The monoisotopic (exact) mass is 341 g/mol. The summed E-state index contributed by atoms with van der Waals surface area (Å²) in [6, 6.07) is 9.53. The van der Waals surface area contributed by atoms with Crippen LogP contribution in [-0.4, -0.2) is 36.3 Å². The number of rotatable bonds is 8. The van der Waals surface area contributed by atoms with Crippen LogP contribution in [0.25, 0.3) is 11.3 Å². The maximum absolute atomic E-state index is 9.34. The van der Waals surface area contributed by atoms with Gasteiger partial charge in [0.2, 0.25) is 0 Å². The predicted molar refractivity (Wildman–Crippen MR) is 93.0 cm³/mol. The fourth-order valence-electron chi connectivity index (χ4n) is 2.86. The van der Waals surface area contributed by atoms with Gasteiger partial charge in [-0.3, -0.25) is 5.10 Å². The van der Waals surface area contributed by atoms with Crippen molar-refractivity contribution >= 4 is 0 Å². The highest BCUT2D eigenvalue weighted by Gasteiger charge is 2.14.